The lowest BCUT2D eigenvalue weighted by molar-refractivity contribution is -0.133. The number of amides is 1. The highest BCUT2D eigenvalue weighted by molar-refractivity contribution is 7.09. The van der Waals surface area contributed by atoms with E-state index in [4.69, 9.17) is 4.74 Å². The van der Waals surface area contributed by atoms with E-state index in [9.17, 15) is 9.18 Å². The van der Waals surface area contributed by atoms with Gasteiger partial charge < -0.3 is 10.1 Å². The highest BCUT2D eigenvalue weighted by Crippen LogP contribution is 2.31. The Labute approximate surface area is 126 Å². The molecule has 3 rings (SSSR count). The van der Waals surface area contributed by atoms with Gasteiger partial charge in [0.25, 0.3) is 0 Å². The average Bonchev–Trinajstić information content (AvgIpc) is 2.80. The number of thiazole rings is 1. The highest BCUT2D eigenvalue weighted by atomic mass is 32.1. The zero-order chi connectivity index (χ0) is 14.9. The quantitative estimate of drug-likeness (QED) is 0.942. The van der Waals surface area contributed by atoms with Gasteiger partial charge in [-0.1, -0.05) is 18.2 Å². The van der Waals surface area contributed by atoms with Gasteiger partial charge in [0.1, 0.15) is 11.4 Å². The molecule has 0 bridgehead atoms. The molecule has 110 valence electrons. The van der Waals surface area contributed by atoms with Gasteiger partial charge in [-0.2, -0.15) is 0 Å². The van der Waals surface area contributed by atoms with Crippen LogP contribution in [0.5, 0.6) is 0 Å². The number of hydrogen-bond acceptors (Lipinski definition) is 4. The van der Waals surface area contributed by atoms with Crippen molar-refractivity contribution < 1.29 is 13.9 Å². The molecule has 1 aliphatic heterocycles. The molecule has 0 radical (unpaired) electrons. The predicted molar refractivity (Wildman–Crippen MR) is 77.6 cm³/mol. The first kappa shape index (κ1) is 14.2. The topological polar surface area (TPSA) is 51.2 Å². The van der Waals surface area contributed by atoms with Crippen LogP contribution in [0.3, 0.4) is 0 Å². The number of rotatable bonds is 4. The first-order chi connectivity index (χ1) is 10.1. The number of ether oxygens (including phenoxy) is 1. The van der Waals surface area contributed by atoms with Crippen LogP contribution in [0.15, 0.2) is 29.6 Å². The molecule has 1 saturated heterocycles. The minimum atomic E-state index is -0.756. The van der Waals surface area contributed by atoms with Crippen molar-refractivity contribution in [1.82, 2.24) is 10.3 Å². The molecule has 1 aliphatic rings. The lowest BCUT2D eigenvalue weighted by Crippen LogP contribution is -2.60. The van der Waals surface area contributed by atoms with Gasteiger partial charge in [0.05, 0.1) is 30.3 Å². The second-order valence-electron chi connectivity index (χ2n) is 5.14. The van der Waals surface area contributed by atoms with Crippen molar-refractivity contribution >= 4 is 17.2 Å². The van der Waals surface area contributed by atoms with E-state index in [1.165, 1.54) is 17.4 Å². The molecule has 0 spiro atoms. The van der Waals surface area contributed by atoms with E-state index in [-0.39, 0.29) is 31.4 Å². The minimum absolute atomic E-state index is 0.174. The largest absolute Gasteiger partial charge is 0.376 e. The Hall–Kier alpha value is -1.79. The van der Waals surface area contributed by atoms with E-state index < -0.39 is 5.54 Å². The number of nitrogens with one attached hydrogen (secondary N) is 1. The number of benzene rings is 1. The standard InChI is InChI=1S/C15H15FN2O2S/c1-10-17-11(7-21-10)6-14(19)18-15(8-20-9-15)12-4-2-3-5-13(12)16/h2-5,7H,6,8-9H2,1H3,(H,18,19). The summed E-state index contributed by atoms with van der Waals surface area (Å²) in [5, 5.41) is 5.69. The summed E-state index contributed by atoms with van der Waals surface area (Å²) in [5.74, 6) is -0.502. The molecule has 1 amide bonds. The van der Waals surface area contributed by atoms with Crippen molar-refractivity contribution in [2.45, 2.75) is 18.9 Å². The van der Waals surface area contributed by atoms with E-state index in [0.717, 1.165) is 10.7 Å². The fraction of sp³-hybridized carbons (Fsp3) is 0.333. The third-order valence-electron chi connectivity index (χ3n) is 3.47. The molecule has 0 saturated carbocycles. The zero-order valence-electron chi connectivity index (χ0n) is 11.6. The Morgan fingerprint density at radius 3 is 2.81 bits per heavy atom. The molecule has 21 heavy (non-hydrogen) atoms. The second kappa shape index (κ2) is 5.54. The fourth-order valence-electron chi connectivity index (χ4n) is 2.42. The van der Waals surface area contributed by atoms with Gasteiger partial charge in [-0.05, 0) is 13.0 Å². The number of hydrogen-bond donors (Lipinski definition) is 1. The van der Waals surface area contributed by atoms with Gasteiger partial charge in [0.2, 0.25) is 5.91 Å². The number of halogens is 1. The molecule has 0 atom stereocenters. The van der Waals surface area contributed by atoms with Gasteiger partial charge in [0.15, 0.2) is 0 Å². The van der Waals surface area contributed by atoms with Gasteiger partial charge in [-0.25, -0.2) is 9.37 Å². The number of carbonyl (C=O) groups is 1. The molecule has 0 unspecified atom stereocenters. The van der Waals surface area contributed by atoms with E-state index in [2.05, 4.69) is 10.3 Å². The molecule has 6 heteroatoms. The Bertz CT molecular complexity index is 667. The maximum atomic E-state index is 14.0. The number of carbonyl (C=O) groups excluding carboxylic acids is 1. The summed E-state index contributed by atoms with van der Waals surface area (Å²) < 4.78 is 19.2. The molecular weight excluding hydrogens is 291 g/mol. The predicted octanol–water partition coefficient (Wildman–Crippen LogP) is 2.18. The maximum absolute atomic E-state index is 14.0. The van der Waals surface area contributed by atoms with E-state index in [0.29, 0.717) is 5.56 Å². The Balaban J connectivity index is 1.75. The summed E-state index contributed by atoms with van der Waals surface area (Å²) in [6.45, 7) is 2.47. The summed E-state index contributed by atoms with van der Waals surface area (Å²) in [6, 6.07) is 6.47. The lowest BCUT2D eigenvalue weighted by atomic mass is 9.87. The van der Waals surface area contributed by atoms with Crippen LogP contribution in [0.2, 0.25) is 0 Å². The van der Waals surface area contributed by atoms with Crippen LogP contribution in [-0.4, -0.2) is 24.1 Å². The monoisotopic (exact) mass is 306 g/mol. The van der Waals surface area contributed by atoms with Crippen molar-refractivity contribution in [3.8, 4) is 0 Å². The van der Waals surface area contributed by atoms with Crippen molar-refractivity contribution in [3.63, 3.8) is 0 Å². The highest BCUT2D eigenvalue weighted by Gasteiger charge is 2.43. The van der Waals surface area contributed by atoms with Gasteiger partial charge >= 0.3 is 0 Å². The molecule has 0 aliphatic carbocycles. The molecule has 2 heterocycles. The molecule has 1 aromatic carbocycles. The maximum Gasteiger partial charge on any atom is 0.226 e. The summed E-state index contributed by atoms with van der Waals surface area (Å²) in [7, 11) is 0. The average molecular weight is 306 g/mol. The van der Waals surface area contributed by atoms with Crippen molar-refractivity contribution in [3.05, 3.63) is 51.7 Å². The Morgan fingerprint density at radius 1 is 1.48 bits per heavy atom. The Morgan fingerprint density at radius 2 is 2.24 bits per heavy atom. The van der Waals surface area contributed by atoms with Crippen molar-refractivity contribution in [1.29, 1.82) is 0 Å². The zero-order valence-corrected chi connectivity index (χ0v) is 12.4. The van der Waals surface area contributed by atoms with Crippen LogP contribution < -0.4 is 5.32 Å². The molecule has 1 fully saturated rings. The third kappa shape index (κ3) is 2.82. The van der Waals surface area contributed by atoms with Crippen LogP contribution in [-0.2, 0) is 21.5 Å². The fourth-order valence-corrected chi connectivity index (χ4v) is 3.03. The molecule has 1 N–H and O–H groups in total. The van der Waals surface area contributed by atoms with E-state index in [1.807, 2.05) is 12.3 Å². The third-order valence-corrected chi connectivity index (χ3v) is 4.30. The van der Waals surface area contributed by atoms with Gasteiger partial charge in [-0.15, -0.1) is 11.3 Å². The van der Waals surface area contributed by atoms with Gasteiger partial charge in [-0.3, -0.25) is 4.79 Å². The van der Waals surface area contributed by atoms with Crippen LogP contribution in [0.4, 0.5) is 4.39 Å². The molecule has 2 aromatic rings. The Kier molecular flexibility index (Phi) is 3.73. The van der Waals surface area contributed by atoms with Gasteiger partial charge in [0, 0.05) is 10.9 Å². The van der Waals surface area contributed by atoms with Crippen molar-refractivity contribution in [2.75, 3.05) is 13.2 Å². The van der Waals surface area contributed by atoms with Crippen molar-refractivity contribution in [2.24, 2.45) is 0 Å². The lowest BCUT2D eigenvalue weighted by Gasteiger charge is -2.42. The number of aromatic nitrogens is 1. The number of nitrogens with zero attached hydrogens (tertiary/aromatic N) is 1. The second-order valence-corrected chi connectivity index (χ2v) is 6.20. The smallest absolute Gasteiger partial charge is 0.226 e. The van der Waals surface area contributed by atoms with Crippen LogP contribution in [0.1, 0.15) is 16.3 Å². The van der Waals surface area contributed by atoms with Crippen LogP contribution in [0, 0.1) is 12.7 Å². The minimum Gasteiger partial charge on any atom is -0.376 e. The first-order valence-corrected chi connectivity index (χ1v) is 7.52. The molecular formula is C15H15FN2O2S. The molecule has 4 nitrogen and oxygen atoms in total. The van der Waals surface area contributed by atoms with E-state index >= 15 is 0 Å². The van der Waals surface area contributed by atoms with Crippen LogP contribution >= 0.6 is 11.3 Å². The van der Waals surface area contributed by atoms with Crippen LogP contribution in [0.25, 0.3) is 0 Å². The van der Waals surface area contributed by atoms with E-state index in [1.54, 1.807) is 18.2 Å². The molecule has 1 aromatic heterocycles. The SMILES string of the molecule is Cc1nc(CC(=O)NC2(c3ccccc3F)COC2)cs1. The summed E-state index contributed by atoms with van der Waals surface area (Å²) in [4.78, 5) is 16.5. The summed E-state index contributed by atoms with van der Waals surface area (Å²) >= 11 is 1.51. The summed E-state index contributed by atoms with van der Waals surface area (Å²) in [5.41, 5.74) is 0.450. The normalized spacial score (nSPS) is 16.3. The summed E-state index contributed by atoms with van der Waals surface area (Å²) in [6.07, 6.45) is 0.195. The first-order valence-electron chi connectivity index (χ1n) is 6.64. The number of aryl methyl sites for hydroxylation is 1.